The fraction of sp³-hybridized carbons (Fsp3) is 0.300. The van der Waals surface area contributed by atoms with Crippen LogP contribution in [0.1, 0.15) is 0 Å². The van der Waals surface area contributed by atoms with E-state index in [1.165, 1.54) is 0 Å². The summed E-state index contributed by atoms with van der Waals surface area (Å²) in [5, 5.41) is 0. The van der Waals surface area contributed by atoms with Crippen molar-refractivity contribution in [2.45, 2.75) is 12.2 Å². The van der Waals surface area contributed by atoms with Gasteiger partial charge in [-0.15, -0.1) is 0 Å². The first-order valence-corrected chi connectivity index (χ1v) is 4.97. The molecule has 0 spiro atoms. The van der Waals surface area contributed by atoms with E-state index in [1.807, 2.05) is 11.1 Å². The number of fused-ring (bicyclic) bond motifs is 1. The van der Waals surface area contributed by atoms with E-state index in [-0.39, 0.29) is 12.2 Å². The smallest absolute Gasteiger partial charge is 0.157 e. The van der Waals surface area contributed by atoms with Gasteiger partial charge in [0.2, 0.25) is 0 Å². The largest absolute Gasteiger partial charge is 0.331 e. The Kier molecular flexibility index (Phi) is 2.90. The first-order valence-electron chi connectivity index (χ1n) is 4.56. The summed E-state index contributed by atoms with van der Waals surface area (Å²) in [6.07, 6.45) is 7.17. The van der Waals surface area contributed by atoms with E-state index in [1.54, 1.807) is 18.6 Å². The molecule has 2 aliphatic rings. The molecule has 0 aromatic carbocycles. The molecule has 0 aliphatic carbocycles. The molecule has 2 unspecified atom stereocenters. The SMILES string of the molecule is NCC(=S)C#CC1C=NC2C=NC=CN12. The van der Waals surface area contributed by atoms with Crippen LogP contribution < -0.4 is 5.73 Å². The lowest BCUT2D eigenvalue weighted by Gasteiger charge is -2.23. The van der Waals surface area contributed by atoms with Crippen LogP contribution in [0, 0.1) is 11.8 Å². The third-order valence-corrected chi connectivity index (χ3v) is 2.36. The Morgan fingerprint density at radius 3 is 3.20 bits per heavy atom. The van der Waals surface area contributed by atoms with Crippen molar-refractivity contribution in [1.82, 2.24) is 4.90 Å². The molecule has 2 aliphatic heterocycles. The van der Waals surface area contributed by atoms with E-state index in [0.717, 1.165) is 0 Å². The van der Waals surface area contributed by atoms with Gasteiger partial charge in [0.25, 0.3) is 0 Å². The Morgan fingerprint density at radius 1 is 1.53 bits per heavy atom. The van der Waals surface area contributed by atoms with E-state index in [9.17, 15) is 0 Å². The maximum atomic E-state index is 5.36. The Bertz CT molecular complexity index is 413. The highest BCUT2D eigenvalue weighted by molar-refractivity contribution is 7.81. The van der Waals surface area contributed by atoms with Gasteiger partial charge in [0.05, 0.1) is 4.86 Å². The average molecular weight is 218 g/mol. The summed E-state index contributed by atoms with van der Waals surface area (Å²) in [6.45, 7) is 0.326. The number of thiocarbonyl (C=S) groups is 1. The van der Waals surface area contributed by atoms with Gasteiger partial charge in [0.15, 0.2) is 6.17 Å². The van der Waals surface area contributed by atoms with Crippen molar-refractivity contribution in [3.8, 4) is 11.8 Å². The number of nitrogens with two attached hydrogens (primary N) is 1. The third kappa shape index (κ3) is 2.12. The van der Waals surface area contributed by atoms with E-state index in [4.69, 9.17) is 18.0 Å². The molecule has 0 fully saturated rings. The van der Waals surface area contributed by atoms with Gasteiger partial charge in [-0.3, -0.25) is 9.98 Å². The van der Waals surface area contributed by atoms with Crippen molar-refractivity contribution in [2.24, 2.45) is 15.7 Å². The number of hydrogen-bond acceptors (Lipinski definition) is 5. The van der Waals surface area contributed by atoms with E-state index < -0.39 is 0 Å². The minimum Gasteiger partial charge on any atom is -0.331 e. The molecule has 0 amide bonds. The second-order valence-corrected chi connectivity index (χ2v) is 3.59. The zero-order chi connectivity index (χ0) is 10.7. The van der Waals surface area contributed by atoms with Crippen molar-refractivity contribution < 1.29 is 0 Å². The molecule has 0 bridgehead atoms. The van der Waals surface area contributed by atoms with Crippen molar-refractivity contribution in [3.63, 3.8) is 0 Å². The number of rotatable bonds is 1. The second kappa shape index (κ2) is 4.34. The topological polar surface area (TPSA) is 54.0 Å². The van der Waals surface area contributed by atoms with Crippen LogP contribution in [-0.4, -0.2) is 40.9 Å². The molecule has 5 heteroatoms. The van der Waals surface area contributed by atoms with Crippen LogP contribution in [-0.2, 0) is 0 Å². The molecule has 2 rings (SSSR count). The van der Waals surface area contributed by atoms with Crippen molar-refractivity contribution in [1.29, 1.82) is 0 Å². The maximum absolute atomic E-state index is 5.36. The van der Waals surface area contributed by atoms with Gasteiger partial charge in [-0.05, 0) is 0 Å². The van der Waals surface area contributed by atoms with Crippen LogP contribution in [0.25, 0.3) is 0 Å². The lowest BCUT2D eigenvalue weighted by molar-refractivity contribution is 0.377. The van der Waals surface area contributed by atoms with Crippen LogP contribution in [0.5, 0.6) is 0 Å². The first-order chi connectivity index (χ1) is 7.31. The molecular weight excluding hydrogens is 208 g/mol. The number of aliphatic imine (C=N–C) groups is 2. The predicted molar refractivity (Wildman–Crippen MR) is 65.0 cm³/mol. The highest BCUT2D eigenvalue weighted by Gasteiger charge is 2.25. The van der Waals surface area contributed by atoms with Gasteiger partial charge in [-0.2, -0.15) is 0 Å². The number of hydrogen-bond donors (Lipinski definition) is 1. The van der Waals surface area contributed by atoms with E-state index in [0.29, 0.717) is 11.4 Å². The zero-order valence-corrected chi connectivity index (χ0v) is 8.81. The molecule has 0 aromatic rings. The summed E-state index contributed by atoms with van der Waals surface area (Å²) in [6, 6.07) is -0.0255. The second-order valence-electron chi connectivity index (χ2n) is 3.10. The summed E-state index contributed by atoms with van der Waals surface area (Å²) in [7, 11) is 0. The van der Waals surface area contributed by atoms with Crippen molar-refractivity contribution >= 4 is 29.5 Å². The van der Waals surface area contributed by atoms with Gasteiger partial charge in [0, 0.05) is 31.4 Å². The molecule has 0 saturated heterocycles. The Labute approximate surface area is 93.6 Å². The zero-order valence-electron chi connectivity index (χ0n) is 8.00. The summed E-state index contributed by atoms with van der Waals surface area (Å²) < 4.78 is 0. The number of nitrogens with zero attached hydrogens (tertiary/aromatic N) is 3. The lowest BCUT2D eigenvalue weighted by Crippen LogP contribution is -2.34. The summed E-state index contributed by atoms with van der Waals surface area (Å²) in [4.78, 5) is 10.9. The highest BCUT2D eigenvalue weighted by atomic mass is 32.1. The maximum Gasteiger partial charge on any atom is 0.157 e. The van der Waals surface area contributed by atoms with Crippen LogP contribution in [0.2, 0.25) is 0 Å². The van der Waals surface area contributed by atoms with E-state index in [2.05, 4.69) is 21.8 Å². The molecule has 2 N–H and O–H groups in total. The Hall–Kier alpha value is -1.51. The van der Waals surface area contributed by atoms with Crippen LogP contribution in [0.3, 0.4) is 0 Å². The fourth-order valence-electron chi connectivity index (χ4n) is 1.34. The summed E-state index contributed by atoms with van der Waals surface area (Å²) in [5.74, 6) is 5.88. The molecule has 15 heavy (non-hydrogen) atoms. The van der Waals surface area contributed by atoms with Gasteiger partial charge < -0.3 is 10.6 Å². The quantitative estimate of drug-likeness (QED) is 0.496. The third-order valence-electron chi connectivity index (χ3n) is 2.10. The Morgan fingerprint density at radius 2 is 2.40 bits per heavy atom. The average Bonchev–Trinajstić information content (AvgIpc) is 2.69. The highest BCUT2D eigenvalue weighted by Crippen LogP contribution is 2.14. The van der Waals surface area contributed by atoms with Gasteiger partial charge in [-0.25, -0.2) is 0 Å². The molecule has 2 heterocycles. The molecule has 0 radical (unpaired) electrons. The van der Waals surface area contributed by atoms with E-state index >= 15 is 0 Å². The fourth-order valence-corrected chi connectivity index (χ4v) is 1.40. The minimum absolute atomic E-state index is 0.0132. The Balaban J connectivity index is 2.09. The first kappa shape index (κ1) is 10.0. The molecule has 76 valence electrons. The summed E-state index contributed by atoms with van der Waals surface area (Å²) >= 11 is 4.93. The lowest BCUT2D eigenvalue weighted by atomic mass is 10.2. The normalized spacial score (nSPS) is 26.1. The van der Waals surface area contributed by atoms with Crippen LogP contribution in [0.4, 0.5) is 0 Å². The van der Waals surface area contributed by atoms with Gasteiger partial charge >= 0.3 is 0 Å². The minimum atomic E-state index is -0.0255. The molecule has 2 atom stereocenters. The summed E-state index contributed by atoms with van der Waals surface area (Å²) in [5.41, 5.74) is 5.36. The van der Waals surface area contributed by atoms with Crippen LogP contribution in [0.15, 0.2) is 22.4 Å². The van der Waals surface area contributed by atoms with Gasteiger partial charge in [0.1, 0.15) is 6.04 Å². The molecule has 4 nitrogen and oxygen atoms in total. The standard InChI is InChI=1S/C10H10N4S/c11-5-9(15)2-1-8-6-13-10-7-12-3-4-14(8)10/h3-4,6-8,10H,5,11H2. The van der Waals surface area contributed by atoms with Crippen LogP contribution >= 0.6 is 12.2 Å². The monoisotopic (exact) mass is 218 g/mol. The van der Waals surface area contributed by atoms with Crippen molar-refractivity contribution in [2.75, 3.05) is 6.54 Å². The molecule has 0 saturated carbocycles. The molecular formula is C10H10N4S. The van der Waals surface area contributed by atoms with Crippen molar-refractivity contribution in [3.05, 3.63) is 12.4 Å². The predicted octanol–water partition coefficient (Wildman–Crippen LogP) is -0.0449. The molecule has 0 aromatic heterocycles. The van der Waals surface area contributed by atoms with Gasteiger partial charge in [-0.1, -0.05) is 24.1 Å².